The number of carbonyl (C=O) groups is 1. The highest BCUT2D eigenvalue weighted by Gasteiger charge is 2.15. The number of rotatable bonds is 9. The molecule has 8 heteroatoms. The summed E-state index contributed by atoms with van der Waals surface area (Å²) in [6.07, 6.45) is 4.53. The molecule has 0 spiro atoms. The van der Waals surface area contributed by atoms with Crippen LogP contribution in [0.2, 0.25) is 0 Å². The van der Waals surface area contributed by atoms with E-state index in [1.165, 1.54) is 12.1 Å². The summed E-state index contributed by atoms with van der Waals surface area (Å²) in [5, 5.41) is 5.74. The van der Waals surface area contributed by atoms with Crippen molar-refractivity contribution in [3.05, 3.63) is 53.6 Å². The number of hydrogen-bond donors (Lipinski definition) is 3. The SMILES string of the molecule is CCCCCCC(=O)NC(=S)Nc1ccc(S(=O)(=O)Nc2ccc(C)cc2C)cc1. The monoisotopic (exact) mass is 447 g/mol. The van der Waals surface area contributed by atoms with E-state index in [4.69, 9.17) is 12.2 Å². The fourth-order valence-corrected chi connectivity index (χ4v) is 4.28. The fraction of sp³-hybridized carbons (Fsp3) is 0.364. The highest BCUT2D eigenvalue weighted by Crippen LogP contribution is 2.21. The lowest BCUT2D eigenvalue weighted by Crippen LogP contribution is -2.33. The molecule has 0 aliphatic carbocycles. The molecule has 0 saturated heterocycles. The summed E-state index contributed by atoms with van der Waals surface area (Å²) >= 11 is 5.16. The molecule has 0 aromatic heterocycles. The van der Waals surface area contributed by atoms with Crippen LogP contribution in [0.15, 0.2) is 47.4 Å². The van der Waals surface area contributed by atoms with Crippen LogP contribution in [0.25, 0.3) is 0 Å². The third-order valence-corrected chi connectivity index (χ3v) is 6.14. The second-order valence-electron chi connectivity index (χ2n) is 7.26. The molecule has 0 aliphatic heterocycles. The first kappa shape index (κ1) is 23.8. The Hall–Kier alpha value is -2.45. The molecule has 2 rings (SSSR count). The summed E-state index contributed by atoms with van der Waals surface area (Å²) in [6.45, 7) is 5.93. The minimum atomic E-state index is -3.71. The van der Waals surface area contributed by atoms with Gasteiger partial charge in [0.1, 0.15) is 0 Å². The Kier molecular flexibility index (Phi) is 8.80. The van der Waals surface area contributed by atoms with Crippen molar-refractivity contribution in [2.75, 3.05) is 10.0 Å². The maximum atomic E-state index is 12.7. The van der Waals surface area contributed by atoms with E-state index in [-0.39, 0.29) is 15.9 Å². The molecule has 0 bridgehead atoms. The van der Waals surface area contributed by atoms with Gasteiger partial charge in [-0.25, -0.2) is 8.42 Å². The van der Waals surface area contributed by atoms with Gasteiger partial charge in [0.2, 0.25) is 5.91 Å². The first-order valence-electron chi connectivity index (χ1n) is 10.0. The highest BCUT2D eigenvalue weighted by molar-refractivity contribution is 7.92. The summed E-state index contributed by atoms with van der Waals surface area (Å²) in [7, 11) is -3.71. The second-order valence-corrected chi connectivity index (χ2v) is 9.35. The van der Waals surface area contributed by atoms with Crippen LogP contribution in [-0.2, 0) is 14.8 Å². The lowest BCUT2D eigenvalue weighted by Gasteiger charge is -2.12. The molecule has 0 unspecified atom stereocenters. The molecular weight excluding hydrogens is 418 g/mol. The van der Waals surface area contributed by atoms with Gasteiger partial charge in [-0.05, 0) is 68.4 Å². The van der Waals surface area contributed by atoms with Crippen LogP contribution >= 0.6 is 12.2 Å². The van der Waals surface area contributed by atoms with Gasteiger partial charge < -0.3 is 10.6 Å². The fourth-order valence-electron chi connectivity index (χ4n) is 2.91. The molecule has 162 valence electrons. The Morgan fingerprint density at radius 3 is 2.33 bits per heavy atom. The lowest BCUT2D eigenvalue weighted by atomic mass is 10.1. The standard InChI is InChI=1S/C22H29N3O3S2/c1-4-5-6-7-8-21(26)24-22(29)23-18-10-12-19(13-11-18)30(27,28)25-20-14-9-16(2)15-17(20)3/h9-15,25H,4-8H2,1-3H3,(H2,23,24,26,29). The van der Waals surface area contributed by atoms with E-state index in [1.807, 2.05) is 26.0 Å². The third-order valence-electron chi connectivity index (χ3n) is 4.56. The van der Waals surface area contributed by atoms with Gasteiger partial charge in [0, 0.05) is 12.1 Å². The Morgan fingerprint density at radius 1 is 1.00 bits per heavy atom. The van der Waals surface area contributed by atoms with Crippen LogP contribution in [0, 0.1) is 13.8 Å². The van der Waals surface area contributed by atoms with E-state index in [0.29, 0.717) is 17.8 Å². The number of amides is 1. The minimum Gasteiger partial charge on any atom is -0.332 e. The molecule has 6 nitrogen and oxygen atoms in total. The zero-order valence-electron chi connectivity index (χ0n) is 17.6. The summed E-state index contributed by atoms with van der Waals surface area (Å²) in [4.78, 5) is 12.0. The van der Waals surface area contributed by atoms with Gasteiger partial charge >= 0.3 is 0 Å². The van der Waals surface area contributed by atoms with Crippen LogP contribution in [-0.4, -0.2) is 19.4 Å². The number of sulfonamides is 1. The third kappa shape index (κ3) is 7.42. The maximum absolute atomic E-state index is 12.7. The summed E-state index contributed by atoms with van der Waals surface area (Å²) in [5.74, 6) is -0.125. The Labute approximate surface area is 184 Å². The van der Waals surface area contributed by atoms with Crippen molar-refractivity contribution in [2.45, 2.75) is 57.8 Å². The largest absolute Gasteiger partial charge is 0.332 e. The van der Waals surface area contributed by atoms with Crippen LogP contribution in [0.4, 0.5) is 11.4 Å². The molecule has 2 aromatic rings. The quantitative estimate of drug-likeness (QED) is 0.376. The van der Waals surface area contributed by atoms with Crippen LogP contribution in [0.1, 0.15) is 50.2 Å². The number of nitrogens with one attached hydrogen (secondary N) is 3. The van der Waals surface area contributed by atoms with Gasteiger partial charge in [-0.1, -0.05) is 43.9 Å². The Balaban J connectivity index is 1.93. The van der Waals surface area contributed by atoms with E-state index in [9.17, 15) is 13.2 Å². The minimum absolute atomic E-state index is 0.125. The van der Waals surface area contributed by atoms with E-state index >= 15 is 0 Å². The van der Waals surface area contributed by atoms with Crippen molar-refractivity contribution in [1.29, 1.82) is 0 Å². The number of thiocarbonyl (C=S) groups is 1. The molecule has 0 radical (unpaired) electrons. The lowest BCUT2D eigenvalue weighted by molar-refractivity contribution is -0.119. The smallest absolute Gasteiger partial charge is 0.261 e. The molecule has 0 atom stereocenters. The van der Waals surface area contributed by atoms with Crippen molar-refractivity contribution < 1.29 is 13.2 Å². The number of hydrogen-bond acceptors (Lipinski definition) is 4. The second kappa shape index (κ2) is 11.1. The normalized spacial score (nSPS) is 11.0. The van der Waals surface area contributed by atoms with Crippen molar-refractivity contribution in [3.8, 4) is 0 Å². The predicted molar refractivity (Wildman–Crippen MR) is 126 cm³/mol. The van der Waals surface area contributed by atoms with Crippen molar-refractivity contribution in [1.82, 2.24) is 5.32 Å². The van der Waals surface area contributed by atoms with E-state index in [2.05, 4.69) is 22.3 Å². The zero-order valence-corrected chi connectivity index (χ0v) is 19.3. The number of carbonyl (C=O) groups excluding carboxylic acids is 1. The van der Waals surface area contributed by atoms with Crippen LogP contribution in [0.3, 0.4) is 0 Å². The Morgan fingerprint density at radius 2 is 1.70 bits per heavy atom. The van der Waals surface area contributed by atoms with E-state index < -0.39 is 10.0 Å². The van der Waals surface area contributed by atoms with Crippen molar-refractivity contribution in [3.63, 3.8) is 0 Å². The molecule has 2 aromatic carbocycles. The van der Waals surface area contributed by atoms with Gasteiger partial charge in [0.15, 0.2) is 5.11 Å². The van der Waals surface area contributed by atoms with Gasteiger partial charge in [0.25, 0.3) is 10.0 Å². The van der Waals surface area contributed by atoms with Gasteiger partial charge in [0.05, 0.1) is 10.6 Å². The highest BCUT2D eigenvalue weighted by atomic mass is 32.2. The maximum Gasteiger partial charge on any atom is 0.261 e. The molecule has 0 fully saturated rings. The number of anilines is 2. The van der Waals surface area contributed by atoms with Crippen molar-refractivity contribution >= 4 is 44.6 Å². The average molecular weight is 448 g/mol. The van der Waals surface area contributed by atoms with Crippen molar-refractivity contribution in [2.24, 2.45) is 0 Å². The van der Waals surface area contributed by atoms with Crippen LogP contribution < -0.4 is 15.4 Å². The molecule has 3 N–H and O–H groups in total. The van der Waals surface area contributed by atoms with Gasteiger partial charge in [-0.15, -0.1) is 0 Å². The first-order chi connectivity index (χ1) is 14.2. The van der Waals surface area contributed by atoms with Gasteiger partial charge in [-0.3, -0.25) is 9.52 Å². The molecule has 0 saturated carbocycles. The van der Waals surface area contributed by atoms with E-state index in [0.717, 1.165) is 36.8 Å². The first-order valence-corrected chi connectivity index (χ1v) is 11.9. The van der Waals surface area contributed by atoms with Gasteiger partial charge in [-0.2, -0.15) is 0 Å². The summed E-state index contributed by atoms with van der Waals surface area (Å²) in [5.41, 5.74) is 3.06. The predicted octanol–water partition coefficient (Wildman–Crippen LogP) is 4.89. The zero-order chi connectivity index (χ0) is 22.1. The average Bonchev–Trinajstić information content (AvgIpc) is 2.68. The molecule has 0 aliphatic rings. The molecule has 0 heterocycles. The Bertz CT molecular complexity index is 987. The number of unbranched alkanes of at least 4 members (excludes halogenated alkanes) is 3. The molecule has 30 heavy (non-hydrogen) atoms. The molecular formula is C22H29N3O3S2. The molecule has 1 amide bonds. The topological polar surface area (TPSA) is 87.3 Å². The summed E-state index contributed by atoms with van der Waals surface area (Å²) in [6, 6.07) is 11.7. The van der Waals surface area contributed by atoms with Crippen LogP contribution in [0.5, 0.6) is 0 Å². The van der Waals surface area contributed by atoms with E-state index in [1.54, 1.807) is 18.2 Å². The summed E-state index contributed by atoms with van der Waals surface area (Å²) < 4.78 is 27.9. The number of aryl methyl sites for hydroxylation is 2. The number of benzene rings is 2.